The van der Waals surface area contributed by atoms with Crippen LogP contribution in [0.3, 0.4) is 0 Å². The monoisotopic (exact) mass is 173 g/mol. The average molecular weight is 173 g/mol. The summed E-state index contributed by atoms with van der Waals surface area (Å²) in [6.45, 7) is 3.56. The number of aliphatic hydroxyl groups is 1. The molecule has 1 fully saturated rings. The Morgan fingerprint density at radius 2 is 2.08 bits per heavy atom. The number of rotatable bonds is 3. The van der Waals surface area contributed by atoms with Gasteiger partial charge in [0, 0.05) is 19.3 Å². The van der Waals surface area contributed by atoms with Crippen molar-refractivity contribution in [1.82, 2.24) is 0 Å². The minimum Gasteiger partial charge on any atom is -0.391 e. The Hall–Kier alpha value is -0.120. The molecule has 3 heteroatoms. The highest BCUT2D eigenvalue weighted by atomic mass is 16.5. The van der Waals surface area contributed by atoms with E-state index in [0.29, 0.717) is 5.92 Å². The summed E-state index contributed by atoms with van der Waals surface area (Å²) in [5.41, 5.74) is 5.76. The summed E-state index contributed by atoms with van der Waals surface area (Å²) in [6.07, 6.45) is 2.42. The highest BCUT2D eigenvalue weighted by Gasteiger charge is 2.25. The molecule has 3 nitrogen and oxygen atoms in total. The molecular weight excluding hydrogens is 154 g/mol. The van der Waals surface area contributed by atoms with Crippen LogP contribution in [0, 0.1) is 5.92 Å². The first-order valence-corrected chi connectivity index (χ1v) is 4.77. The van der Waals surface area contributed by atoms with Gasteiger partial charge < -0.3 is 15.6 Å². The van der Waals surface area contributed by atoms with Crippen molar-refractivity contribution in [3.63, 3.8) is 0 Å². The van der Waals surface area contributed by atoms with Crippen molar-refractivity contribution < 1.29 is 9.84 Å². The van der Waals surface area contributed by atoms with Crippen molar-refractivity contribution in [2.24, 2.45) is 11.7 Å². The molecule has 0 spiro atoms. The molecule has 1 heterocycles. The van der Waals surface area contributed by atoms with Crippen LogP contribution >= 0.6 is 0 Å². The second-order valence-electron chi connectivity index (χ2n) is 3.51. The number of ether oxygens (including phenoxy) is 1. The van der Waals surface area contributed by atoms with E-state index < -0.39 is 0 Å². The summed E-state index contributed by atoms with van der Waals surface area (Å²) in [5, 5.41) is 9.76. The molecular formula is C9H19NO2. The van der Waals surface area contributed by atoms with Gasteiger partial charge in [0.05, 0.1) is 6.10 Å². The van der Waals surface area contributed by atoms with Crippen molar-refractivity contribution in [3.05, 3.63) is 0 Å². The van der Waals surface area contributed by atoms with Gasteiger partial charge in [-0.1, -0.05) is 6.92 Å². The van der Waals surface area contributed by atoms with Crippen LogP contribution in [0.2, 0.25) is 0 Å². The molecule has 2 unspecified atom stereocenters. The highest BCUT2D eigenvalue weighted by Crippen LogP contribution is 2.20. The molecule has 0 aromatic carbocycles. The molecule has 72 valence electrons. The van der Waals surface area contributed by atoms with Crippen LogP contribution in [-0.2, 0) is 4.74 Å². The molecule has 0 bridgehead atoms. The van der Waals surface area contributed by atoms with Gasteiger partial charge in [-0.05, 0) is 25.2 Å². The molecule has 12 heavy (non-hydrogen) atoms. The van der Waals surface area contributed by atoms with Crippen LogP contribution in [-0.4, -0.2) is 30.5 Å². The molecule has 0 saturated carbocycles. The van der Waals surface area contributed by atoms with E-state index in [0.717, 1.165) is 32.5 Å². The highest BCUT2D eigenvalue weighted by molar-refractivity contribution is 4.79. The average Bonchev–Trinajstić information content (AvgIpc) is 2.17. The first-order chi connectivity index (χ1) is 5.75. The van der Waals surface area contributed by atoms with E-state index in [9.17, 15) is 5.11 Å². The molecule has 0 aliphatic carbocycles. The van der Waals surface area contributed by atoms with Gasteiger partial charge in [-0.15, -0.1) is 0 Å². The number of hydrogen-bond donors (Lipinski definition) is 2. The maximum Gasteiger partial charge on any atom is 0.0720 e. The van der Waals surface area contributed by atoms with Crippen molar-refractivity contribution in [2.75, 3.05) is 13.2 Å². The summed E-state index contributed by atoms with van der Waals surface area (Å²) >= 11 is 0. The molecule has 1 aliphatic rings. The van der Waals surface area contributed by atoms with Gasteiger partial charge in [0.2, 0.25) is 0 Å². The Bertz CT molecular complexity index is 124. The molecule has 3 N–H and O–H groups in total. The summed E-state index contributed by atoms with van der Waals surface area (Å²) in [4.78, 5) is 0. The predicted molar refractivity (Wildman–Crippen MR) is 47.8 cm³/mol. The van der Waals surface area contributed by atoms with Crippen LogP contribution in [0.15, 0.2) is 0 Å². The lowest BCUT2D eigenvalue weighted by molar-refractivity contribution is -0.00236. The lowest BCUT2D eigenvalue weighted by Gasteiger charge is -2.29. The number of hydrogen-bond acceptors (Lipinski definition) is 3. The van der Waals surface area contributed by atoms with Gasteiger partial charge in [0.1, 0.15) is 0 Å². The topological polar surface area (TPSA) is 55.5 Å². The maximum atomic E-state index is 9.76. The van der Waals surface area contributed by atoms with Gasteiger partial charge in [0.15, 0.2) is 0 Å². The normalized spacial score (nSPS) is 25.2. The predicted octanol–water partition coefficient (Wildman–Crippen LogP) is 0.511. The SMILES string of the molecule is CCC(N)C(O)C1CCOCC1. The zero-order chi connectivity index (χ0) is 8.97. The van der Waals surface area contributed by atoms with Crippen molar-refractivity contribution >= 4 is 0 Å². The Balaban J connectivity index is 2.33. The minimum atomic E-state index is -0.334. The van der Waals surface area contributed by atoms with Crippen molar-refractivity contribution in [2.45, 2.75) is 38.3 Å². The summed E-state index contributed by atoms with van der Waals surface area (Å²) in [5.74, 6) is 0.355. The minimum absolute atomic E-state index is 0.0619. The zero-order valence-electron chi connectivity index (χ0n) is 7.70. The lowest BCUT2D eigenvalue weighted by Crippen LogP contribution is -2.41. The van der Waals surface area contributed by atoms with E-state index in [2.05, 4.69) is 0 Å². The Morgan fingerprint density at radius 1 is 1.50 bits per heavy atom. The summed E-state index contributed by atoms with van der Waals surface area (Å²) < 4.78 is 5.21. The number of aliphatic hydroxyl groups excluding tert-OH is 1. The van der Waals surface area contributed by atoms with Crippen LogP contribution in [0.5, 0.6) is 0 Å². The Kier molecular flexibility index (Phi) is 3.98. The molecule has 0 aromatic heterocycles. The van der Waals surface area contributed by atoms with Crippen molar-refractivity contribution in [1.29, 1.82) is 0 Å². The molecule has 0 aromatic rings. The van der Waals surface area contributed by atoms with E-state index in [4.69, 9.17) is 10.5 Å². The molecule has 2 atom stereocenters. The van der Waals surface area contributed by atoms with Gasteiger partial charge >= 0.3 is 0 Å². The fourth-order valence-corrected chi connectivity index (χ4v) is 1.65. The van der Waals surface area contributed by atoms with Crippen LogP contribution in [0.4, 0.5) is 0 Å². The van der Waals surface area contributed by atoms with E-state index in [1.54, 1.807) is 0 Å². The first-order valence-electron chi connectivity index (χ1n) is 4.77. The molecule has 1 aliphatic heterocycles. The van der Waals surface area contributed by atoms with E-state index in [1.165, 1.54) is 0 Å². The van der Waals surface area contributed by atoms with Gasteiger partial charge in [-0.3, -0.25) is 0 Å². The van der Waals surface area contributed by atoms with Gasteiger partial charge in [-0.2, -0.15) is 0 Å². The van der Waals surface area contributed by atoms with E-state index in [1.807, 2.05) is 6.92 Å². The van der Waals surface area contributed by atoms with Crippen LogP contribution in [0.25, 0.3) is 0 Å². The third kappa shape index (κ3) is 2.44. The molecule has 1 saturated heterocycles. The standard InChI is InChI=1S/C9H19NO2/c1-2-8(10)9(11)7-3-5-12-6-4-7/h7-9,11H,2-6,10H2,1H3. The second-order valence-corrected chi connectivity index (χ2v) is 3.51. The quantitative estimate of drug-likeness (QED) is 0.654. The zero-order valence-corrected chi connectivity index (χ0v) is 7.70. The van der Waals surface area contributed by atoms with Crippen LogP contribution in [0.1, 0.15) is 26.2 Å². The fourth-order valence-electron chi connectivity index (χ4n) is 1.65. The molecule has 0 radical (unpaired) electrons. The third-order valence-electron chi connectivity index (χ3n) is 2.66. The first kappa shape index (κ1) is 9.96. The summed E-state index contributed by atoms with van der Waals surface area (Å²) in [6, 6.07) is -0.0619. The smallest absolute Gasteiger partial charge is 0.0720 e. The van der Waals surface area contributed by atoms with Gasteiger partial charge in [-0.25, -0.2) is 0 Å². The Labute approximate surface area is 73.9 Å². The maximum absolute atomic E-state index is 9.76. The lowest BCUT2D eigenvalue weighted by atomic mass is 9.89. The molecule has 1 rings (SSSR count). The number of nitrogens with two attached hydrogens (primary N) is 1. The van der Waals surface area contributed by atoms with E-state index >= 15 is 0 Å². The molecule has 0 amide bonds. The largest absolute Gasteiger partial charge is 0.391 e. The van der Waals surface area contributed by atoms with Crippen molar-refractivity contribution in [3.8, 4) is 0 Å². The third-order valence-corrected chi connectivity index (χ3v) is 2.66. The van der Waals surface area contributed by atoms with E-state index in [-0.39, 0.29) is 12.1 Å². The van der Waals surface area contributed by atoms with Crippen LogP contribution < -0.4 is 5.73 Å². The second kappa shape index (κ2) is 4.80. The van der Waals surface area contributed by atoms with Gasteiger partial charge in [0.25, 0.3) is 0 Å². The summed E-state index contributed by atoms with van der Waals surface area (Å²) in [7, 11) is 0. The fraction of sp³-hybridized carbons (Fsp3) is 1.00. The Morgan fingerprint density at radius 3 is 2.58 bits per heavy atom.